The average molecular weight is 367 g/mol. The fraction of sp³-hybridized carbons (Fsp3) is 0.0435. The first kappa shape index (κ1) is 16.3. The molecule has 0 unspecified atom stereocenters. The largest absolute Gasteiger partial charge is 0.494 e. The van der Waals surface area contributed by atoms with E-state index in [2.05, 4.69) is 4.98 Å². The molecule has 0 bridgehead atoms. The van der Waals surface area contributed by atoms with E-state index < -0.39 is 0 Å². The summed E-state index contributed by atoms with van der Waals surface area (Å²) in [6, 6.07) is 26.6. The van der Waals surface area contributed by atoms with Crippen LogP contribution in [-0.4, -0.2) is 19.1 Å². The standard InChI is InChI=1S/C23H17N3O2/c27-21-20(17-11-5-2-6-12-17)22(28)26-19-14-8-7-13-18(19)24-23(26)25(21)15-16-9-3-1-4-10-16/h1-14,27H,15H2. The summed E-state index contributed by atoms with van der Waals surface area (Å²) in [5.41, 5.74) is 3.11. The van der Waals surface area contributed by atoms with Crippen LogP contribution < -0.4 is 5.56 Å². The Morgan fingerprint density at radius 2 is 1.46 bits per heavy atom. The van der Waals surface area contributed by atoms with Crippen molar-refractivity contribution in [3.05, 3.63) is 101 Å². The highest BCUT2D eigenvalue weighted by molar-refractivity contribution is 5.81. The second-order valence-electron chi connectivity index (χ2n) is 6.68. The van der Waals surface area contributed by atoms with Crippen molar-refractivity contribution in [2.45, 2.75) is 6.54 Å². The van der Waals surface area contributed by atoms with E-state index in [1.54, 1.807) is 8.97 Å². The molecule has 0 amide bonds. The molecule has 5 rings (SSSR count). The van der Waals surface area contributed by atoms with Gasteiger partial charge in [0, 0.05) is 0 Å². The molecule has 2 aromatic heterocycles. The van der Waals surface area contributed by atoms with Crippen LogP contribution in [0.2, 0.25) is 0 Å². The highest BCUT2D eigenvalue weighted by atomic mass is 16.3. The lowest BCUT2D eigenvalue weighted by molar-refractivity contribution is 0.422. The van der Waals surface area contributed by atoms with Gasteiger partial charge in [0.05, 0.1) is 17.6 Å². The summed E-state index contributed by atoms with van der Waals surface area (Å²) in [5.74, 6) is 0.343. The van der Waals surface area contributed by atoms with Crippen LogP contribution in [0.1, 0.15) is 5.56 Å². The maximum absolute atomic E-state index is 13.4. The summed E-state index contributed by atoms with van der Waals surface area (Å²) >= 11 is 0. The molecule has 28 heavy (non-hydrogen) atoms. The zero-order valence-electron chi connectivity index (χ0n) is 15.0. The fourth-order valence-corrected chi connectivity index (χ4v) is 3.60. The van der Waals surface area contributed by atoms with Crippen molar-refractivity contribution >= 4 is 16.8 Å². The van der Waals surface area contributed by atoms with E-state index in [0.29, 0.717) is 23.4 Å². The number of benzene rings is 3. The van der Waals surface area contributed by atoms with Gasteiger partial charge in [-0.1, -0.05) is 72.8 Å². The van der Waals surface area contributed by atoms with Gasteiger partial charge in [0.25, 0.3) is 5.56 Å². The Kier molecular flexibility index (Phi) is 3.72. The van der Waals surface area contributed by atoms with E-state index in [-0.39, 0.29) is 17.0 Å². The molecule has 5 aromatic rings. The summed E-state index contributed by atoms with van der Waals surface area (Å²) in [5, 5.41) is 11.1. The lowest BCUT2D eigenvalue weighted by atomic mass is 10.1. The predicted molar refractivity (Wildman–Crippen MR) is 110 cm³/mol. The highest BCUT2D eigenvalue weighted by Gasteiger charge is 2.21. The summed E-state index contributed by atoms with van der Waals surface area (Å²) in [7, 11) is 0. The van der Waals surface area contributed by atoms with Crippen LogP contribution in [0.4, 0.5) is 0 Å². The van der Waals surface area contributed by atoms with Crippen molar-refractivity contribution in [1.29, 1.82) is 0 Å². The minimum absolute atomic E-state index is 0.0807. The van der Waals surface area contributed by atoms with Crippen molar-refractivity contribution < 1.29 is 5.11 Å². The second kappa shape index (κ2) is 6.39. The van der Waals surface area contributed by atoms with E-state index in [1.165, 1.54) is 0 Å². The molecule has 0 spiro atoms. The number of aromatic hydroxyl groups is 1. The Morgan fingerprint density at radius 1 is 0.821 bits per heavy atom. The minimum Gasteiger partial charge on any atom is -0.494 e. The first-order valence-corrected chi connectivity index (χ1v) is 9.06. The third-order valence-electron chi connectivity index (χ3n) is 4.93. The lowest BCUT2D eigenvalue weighted by Gasteiger charge is -2.15. The van der Waals surface area contributed by atoms with Crippen molar-refractivity contribution in [3.63, 3.8) is 0 Å². The molecule has 0 aliphatic rings. The van der Waals surface area contributed by atoms with Crippen LogP contribution in [0.25, 0.3) is 27.9 Å². The molecular weight excluding hydrogens is 350 g/mol. The van der Waals surface area contributed by atoms with Crippen LogP contribution in [0.3, 0.4) is 0 Å². The Balaban J connectivity index is 1.90. The summed E-state index contributed by atoms with van der Waals surface area (Å²) in [6.45, 7) is 0.402. The highest BCUT2D eigenvalue weighted by Crippen LogP contribution is 2.29. The molecule has 0 saturated carbocycles. The SMILES string of the molecule is O=c1c(-c2ccccc2)c(O)n(Cc2ccccc2)c2nc3ccccc3n12. The lowest BCUT2D eigenvalue weighted by Crippen LogP contribution is -2.21. The number of hydrogen-bond donors (Lipinski definition) is 1. The number of fused-ring (bicyclic) bond motifs is 3. The molecule has 136 valence electrons. The van der Waals surface area contributed by atoms with E-state index in [1.807, 2.05) is 84.9 Å². The van der Waals surface area contributed by atoms with E-state index in [0.717, 1.165) is 11.1 Å². The van der Waals surface area contributed by atoms with Crippen molar-refractivity contribution in [2.75, 3.05) is 0 Å². The second-order valence-corrected chi connectivity index (χ2v) is 6.68. The van der Waals surface area contributed by atoms with Gasteiger partial charge in [0.15, 0.2) is 0 Å². The Morgan fingerprint density at radius 3 is 2.21 bits per heavy atom. The van der Waals surface area contributed by atoms with Crippen molar-refractivity contribution in [2.24, 2.45) is 0 Å². The Hall–Kier alpha value is -3.86. The van der Waals surface area contributed by atoms with Crippen LogP contribution in [-0.2, 0) is 6.54 Å². The molecule has 0 atom stereocenters. The normalized spacial score (nSPS) is 11.3. The van der Waals surface area contributed by atoms with Gasteiger partial charge in [-0.15, -0.1) is 0 Å². The molecule has 0 aliphatic carbocycles. The molecule has 0 radical (unpaired) electrons. The van der Waals surface area contributed by atoms with Crippen molar-refractivity contribution in [1.82, 2.24) is 14.0 Å². The molecule has 5 nitrogen and oxygen atoms in total. The summed E-state index contributed by atoms with van der Waals surface area (Å²) in [6.07, 6.45) is 0. The molecule has 5 heteroatoms. The monoisotopic (exact) mass is 367 g/mol. The smallest absolute Gasteiger partial charge is 0.271 e. The maximum Gasteiger partial charge on any atom is 0.271 e. The van der Waals surface area contributed by atoms with Gasteiger partial charge in [0.1, 0.15) is 5.56 Å². The average Bonchev–Trinajstić information content (AvgIpc) is 3.12. The van der Waals surface area contributed by atoms with Crippen LogP contribution in [0.15, 0.2) is 89.7 Å². The van der Waals surface area contributed by atoms with Gasteiger partial charge in [0.2, 0.25) is 11.7 Å². The molecule has 2 heterocycles. The third kappa shape index (κ3) is 2.48. The van der Waals surface area contributed by atoms with E-state index in [4.69, 9.17) is 0 Å². The van der Waals surface area contributed by atoms with E-state index >= 15 is 0 Å². The Bertz CT molecular complexity index is 1350. The molecule has 0 aliphatic heterocycles. The number of aromatic nitrogens is 3. The molecule has 0 saturated heterocycles. The first-order valence-electron chi connectivity index (χ1n) is 9.06. The van der Waals surface area contributed by atoms with Gasteiger partial charge in [-0.3, -0.25) is 9.36 Å². The zero-order valence-corrected chi connectivity index (χ0v) is 15.0. The molecule has 3 aromatic carbocycles. The van der Waals surface area contributed by atoms with Gasteiger partial charge in [-0.2, -0.15) is 0 Å². The topological polar surface area (TPSA) is 59.5 Å². The summed E-state index contributed by atoms with van der Waals surface area (Å²) in [4.78, 5) is 18.0. The van der Waals surface area contributed by atoms with Crippen molar-refractivity contribution in [3.8, 4) is 17.0 Å². The minimum atomic E-state index is -0.281. The predicted octanol–water partition coefficient (Wildman–Crippen LogP) is 4.07. The number of imidazole rings is 1. The fourth-order valence-electron chi connectivity index (χ4n) is 3.60. The van der Waals surface area contributed by atoms with Gasteiger partial charge < -0.3 is 5.11 Å². The first-order chi connectivity index (χ1) is 13.7. The maximum atomic E-state index is 13.4. The quantitative estimate of drug-likeness (QED) is 0.523. The molecule has 1 N–H and O–H groups in total. The number of hydrogen-bond acceptors (Lipinski definition) is 3. The van der Waals surface area contributed by atoms with Gasteiger partial charge in [-0.25, -0.2) is 9.38 Å². The zero-order chi connectivity index (χ0) is 19.1. The number of nitrogens with zero attached hydrogens (tertiary/aromatic N) is 3. The van der Waals surface area contributed by atoms with Gasteiger partial charge >= 0.3 is 0 Å². The summed E-state index contributed by atoms with van der Waals surface area (Å²) < 4.78 is 3.28. The molecular formula is C23H17N3O2. The Labute approximate surface area is 160 Å². The third-order valence-corrected chi connectivity index (χ3v) is 4.93. The molecule has 0 fully saturated rings. The number of rotatable bonds is 3. The number of para-hydroxylation sites is 2. The van der Waals surface area contributed by atoms with Gasteiger partial charge in [-0.05, 0) is 23.3 Å². The van der Waals surface area contributed by atoms with Crippen LogP contribution in [0.5, 0.6) is 5.88 Å². The van der Waals surface area contributed by atoms with Crippen LogP contribution >= 0.6 is 0 Å². The van der Waals surface area contributed by atoms with E-state index in [9.17, 15) is 9.90 Å². The van der Waals surface area contributed by atoms with Crippen LogP contribution in [0, 0.1) is 0 Å².